The number of benzene rings is 1. The molecule has 0 fully saturated rings. The lowest BCUT2D eigenvalue weighted by atomic mass is 9.82. The molecule has 0 heterocycles. The smallest absolute Gasteiger partial charge is 0.335 e. The normalized spacial score (nSPS) is 12.1. The van der Waals surface area contributed by atoms with Crippen molar-refractivity contribution in [2.75, 3.05) is 0 Å². The van der Waals surface area contributed by atoms with Gasteiger partial charge < -0.3 is 10.4 Å². The number of carboxylic acid groups (broad SMARTS) is 1. The second-order valence-corrected chi connectivity index (χ2v) is 6.21. The van der Waals surface area contributed by atoms with Crippen molar-refractivity contribution in [1.82, 2.24) is 5.32 Å². The molecule has 1 amide bonds. The number of carbonyl (C=O) groups is 2. The molecule has 0 bridgehead atoms. The summed E-state index contributed by atoms with van der Waals surface area (Å²) in [5.74, 6) is -1.05. The highest BCUT2D eigenvalue weighted by atomic mass is 16.4. The maximum Gasteiger partial charge on any atom is 0.335 e. The van der Waals surface area contributed by atoms with Gasteiger partial charge in [0, 0.05) is 5.54 Å². The average Bonchev–Trinajstić information content (AvgIpc) is 2.26. The third-order valence-corrected chi connectivity index (χ3v) is 2.91. The number of hydrogen-bond acceptors (Lipinski definition) is 2. The van der Waals surface area contributed by atoms with E-state index in [4.69, 9.17) is 5.11 Å². The second-order valence-electron chi connectivity index (χ2n) is 6.21. The van der Waals surface area contributed by atoms with Gasteiger partial charge in [0.2, 0.25) is 5.91 Å². The number of nitrogens with one attached hydrogen (secondary N) is 1. The third kappa shape index (κ3) is 3.81. The Balaban J connectivity index is 2.99. The van der Waals surface area contributed by atoms with Gasteiger partial charge in [-0.2, -0.15) is 0 Å². The summed E-state index contributed by atoms with van der Waals surface area (Å²) in [5, 5.41) is 11.8. The molecule has 0 spiro atoms. The van der Waals surface area contributed by atoms with Crippen LogP contribution in [0.3, 0.4) is 0 Å². The number of carboxylic acids is 1. The summed E-state index contributed by atoms with van der Waals surface area (Å²) in [6.07, 6.45) is 0. The van der Waals surface area contributed by atoms with Crippen molar-refractivity contribution in [1.29, 1.82) is 0 Å². The Morgan fingerprint density at radius 3 is 1.84 bits per heavy atom. The van der Waals surface area contributed by atoms with Crippen molar-refractivity contribution in [2.45, 2.75) is 45.6 Å². The molecular weight excluding hydrogens is 242 g/mol. The van der Waals surface area contributed by atoms with E-state index in [-0.39, 0.29) is 17.0 Å². The zero-order valence-corrected chi connectivity index (χ0v) is 12.1. The average molecular weight is 263 g/mol. The van der Waals surface area contributed by atoms with Gasteiger partial charge >= 0.3 is 5.97 Å². The van der Waals surface area contributed by atoms with Crippen molar-refractivity contribution in [3.8, 4) is 0 Å². The van der Waals surface area contributed by atoms with Gasteiger partial charge in [-0.25, -0.2) is 4.79 Å². The third-order valence-electron chi connectivity index (χ3n) is 2.91. The minimum Gasteiger partial charge on any atom is -0.478 e. The summed E-state index contributed by atoms with van der Waals surface area (Å²) in [6, 6.07) is 6.41. The Hall–Kier alpha value is -1.84. The first-order valence-electron chi connectivity index (χ1n) is 6.20. The Kier molecular flexibility index (Phi) is 4.03. The zero-order chi connectivity index (χ0) is 14.8. The molecule has 4 heteroatoms. The molecule has 1 aromatic rings. The van der Waals surface area contributed by atoms with Crippen LogP contribution in [0.25, 0.3) is 0 Å². The van der Waals surface area contributed by atoms with Crippen molar-refractivity contribution in [3.05, 3.63) is 35.4 Å². The molecule has 2 N–H and O–H groups in total. The molecule has 0 saturated heterocycles. The van der Waals surface area contributed by atoms with Crippen LogP contribution in [0.5, 0.6) is 0 Å². The monoisotopic (exact) mass is 263 g/mol. The van der Waals surface area contributed by atoms with E-state index in [1.807, 2.05) is 34.6 Å². The van der Waals surface area contributed by atoms with Crippen LogP contribution in [0, 0.1) is 0 Å². The molecule has 0 saturated carbocycles. The number of amides is 1. The van der Waals surface area contributed by atoms with E-state index < -0.39 is 11.4 Å². The first-order valence-corrected chi connectivity index (χ1v) is 6.20. The molecule has 104 valence electrons. The van der Waals surface area contributed by atoms with Gasteiger partial charge in [-0.05, 0) is 52.3 Å². The van der Waals surface area contributed by atoms with E-state index >= 15 is 0 Å². The summed E-state index contributed by atoms with van der Waals surface area (Å²) >= 11 is 0. The van der Waals surface area contributed by atoms with Crippen LogP contribution in [-0.4, -0.2) is 22.5 Å². The molecule has 19 heavy (non-hydrogen) atoms. The summed E-state index contributed by atoms with van der Waals surface area (Å²) in [4.78, 5) is 23.1. The molecular formula is C15H21NO3. The summed E-state index contributed by atoms with van der Waals surface area (Å²) < 4.78 is 0. The van der Waals surface area contributed by atoms with Gasteiger partial charge in [-0.15, -0.1) is 0 Å². The van der Waals surface area contributed by atoms with Gasteiger partial charge in [0.25, 0.3) is 0 Å². The van der Waals surface area contributed by atoms with Crippen LogP contribution >= 0.6 is 0 Å². The van der Waals surface area contributed by atoms with Crippen LogP contribution in [-0.2, 0) is 10.2 Å². The molecule has 0 aliphatic carbocycles. The standard InChI is InChI=1S/C15H21NO3/c1-14(2,3)16-13(19)15(4,5)11-8-6-10(7-9-11)12(17)18/h6-9H,1-5H3,(H,16,19)(H,17,18). The first kappa shape index (κ1) is 15.2. The largest absolute Gasteiger partial charge is 0.478 e. The minimum atomic E-state index is -0.969. The predicted octanol–water partition coefficient (Wildman–Crippen LogP) is 2.58. The summed E-state index contributed by atoms with van der Waals surface area (Å²) in [7, 11) is 0. The van der Waals surface area contributed by atoms with Crippen LogP contribution in [0.2, 0.25) is 0 Å². The second kappa shape index (κ2) is 5.03. The number of hydrogen-bond donors (Lipinski definition) is 2. The molecule has 1 aromatic carbocycles. The molecule has 0 atom stereocenters. The number of rotatable bonds is 3. The molecule has 0 aromatic heterocycles. The fraction of sp³-hybridized carbons (Fsp3) is 0.467. The molecule has 0 aliphatic heterocycles. The van der Waals surface area contributed by atoms with Gasteiger partial charge in [0.1, 0.15) is 0 Å². The molecule has 0 aliphatic rings. The van der Waals surface area contributed by atoms with Crippen molar-refractivity contribution < 1.29 is 14.7 Å². The lowest BCUT2D eigenvalue weighted by Gasteiger charge is -2.30. The fourth-order valence-electron chi connectivity index (χ4n) is 1.66. The highest BCUT2D eigenvalue weighted by Crippen LogP contribution is 2.24. The number of aromatic carboxylic acids is 1. The van der Waals surface area contributed by atoms with E-state index in [0.717, 1.165) is 5.56 Å². The molecule has 0 unspecified atom stereocenters. The summed E-state index contributed by atoms with van der Waals surface area (Å²) in [6.45, 7) is 9.42. The van der Waals surface area contributed by atoms with Crippen LogP contribution in [0.4, 0.5) is 0 Å². The minimum absolute atomic E-state index is 0.0805. The summed E-state index contributed by atoms with van der Waals surface area (Å²) in [5.41, 5.74) is 0.00896. The molecule has 4 nitrogen and oxygen atoms in total. The Morgan fingerprint density at radius 1 is 1.00 bits per heavy atom. The zero-order valence-electron chi connectivity index (χ0n) is 12.1. The highest BCUT2D eigenvalue weighted by molar-refractivity contribution is 5.89. The quantitative estimate of drug-likeness (QED) is 0.880. The van der Waals surface area contributed by atoms with Gasteiger partial charge in [0.05, 0.1) is 11.0 Å². The van der Waals surface area contributed by atoms with E-state index in [0.29, 0.717) is 0 Å². The Morgan fingerprint density at radius 2 is 1.47 bits per heavy atom. The molecule has 0 radical (unpaired) electrons. The highest BCUT2D eigenvalue weighted by Gasteiger charge is 2.32. The SMILES string of the molecule is CC(C)(C)NC(=O)C(C)(C)c1ccc(C(=O)O)cc1. The van der Waals surface area contributed by atoms with Crippen molar-refractivity contribution in [2.24, 2.45) is 0 Å². The first-order chi connectivity index (χ1) is 8.54. The number of carbonyl (C=O) groups excluding carboxylic acids is 1. The van der Waals surface area contributed by atoms with E-state index in [9.17, 15) is 9.59 Å². The lowest BCUT2D eigenvalue weighted by Crippen LogP contribution is -2.48. The van der Waals surface area contributed by atoms with Gasteiger partial charge in [-0.3, -0.25) is 4.79 Å². The Labute approximate surface area is 113 Å². The maximum atomic E-state index is 12.3. The Bertz CT molecular complexity index is 481. The van der Waals surface area contributed by atoms with E-state index in [2.05, 4.69) is 5.32 Å². The lowest BCUT2D eigenvalue weighted by molar-refractivity contribution is -0.127. The van der Waals surface area contributed by atoms with Gasteiger partial charge in [-0.1, -0.05) is 12.1 Å². The van der Waals surface area contributed by atoms with E-state index in [1.54, 1.807) is 12.1 Å². The van der Waals surface area contributed by atoms with E-state index in [1.165, 1.54) is 12.1 Å². The maximum absolute atomic E-state index is 12.3. The van der Waals surface area contributed by atoms with Crippen LogP contribution < -0.4 is 5.32 Å². The fourth-order valence-corrected chi connectivity index (χ4v) is 1.66. The van der Waals surface area contributed by atoms with Crippen LogP contribution in [0.15, 0.2) is 24.3 Å². The van der Waals surface area contributed by atoms with Crippen molar-refractivity contribution >= 4 is 11.9 Å². The van der Waals surface area contributed by atoms with Crippen LogP contribution in [0.1, 0.15) is 50.5 Å². The molecule has 1 rings (SSSR count). The predicted molar refractivity (Wildman–Crippen MR) is 74.3 cm³/mol. The topological polar surface area (TPSA) is 66.4 Å². The van der Waals surface area contributed by atoms with Gasteiger partial charge in [0.15, 0.2) is 0 Å². The van der Waals surface area contributed by atoms with Crippen molar-refractivity contribution in [3.63, 3.8) is 0 Å².